The van der Waals surface area contributed by atoms with Gasteiger partial charge >= 0.3 is 5.97 Å². The van der Waals surface area contributed by atoms with Gasteiger partial charge in [0.05, 0.1) is 6.42 Å². The highest BCUT2D eigenvalue weighted by Gasteiger charge is 2.45. The molecule has 1 aliphatic rings. The van der Waals surface area contributed by atoms with Crippen molar-refractivity contribution >= 4 is 23.2 Å². The average Bonchev–Trinajstić information content (AvgIpc) is 2.86. The van der Waals surface area contributed by atoms with Crippen molar-refractivity contribution in [3.05, 3.63) is 21.9 Å². The van der Waals surface area contributed by atoms with Crippen molar-refractivity contribution < 1.29 is 14.7 Å². The van der Waals surface area contributed by atoms with Gasteiger partial charge in [-0.15, -0.1) is 11.3 Å². The summed E-state index contributed by atoms with van der Waals surface area (Å²) in [6, 6.07) is 3.92. The fourth-order valence-corrected chi connectivity index (χ4v) is 3.29. The summed E-state index contributed by atoms with van der Waals surface area (Å²) in [7, 11) is 0. The molecule has 1 aliphatic heterocycles. The van der Waals surface area contributed by atoms with E-state index in [2.05, 4.69) is 0 Å². The third-order valence-electron chi connectivity index (χ3n) is 3.52. The molecule has 0 bridgehead atoms. The summed E-state index contributed by atoms with van der Waals surface area (Å²) in [5.74, 6) is -0.991. The van der Waals surface area contributed by atoms with Crippen molar-refractivity contribution in [3.8, 4) is 0 Å². The molecule has 1 fully saturated rings. The molecule has 1 unspecified atom stereocenters. The highest BCUT2D eigenvalue weighted by molar-refractivity contribution is 7.12. The molecule has 0 aromatic carbocycles. The van der Waals surface area contributed by atoms with Crippen LogP contribution in [0.4, 0.5) is 0 Å². The topological polar surface area (TPSA) is 57.6 Å². The van der Waals surface area contributed by atoms with Crippen molar-refractivity contribution in [1.29, 1.82) is 0 Å². The van der Waals surface area contributed by atoms with Gasteiger partial charge in [0.15, 0.2) is 0 Å². The first-order chi connectivity index (χ1) is 8.43. The first kappa shape index (κ1) is 13.1. The zero-order valence-electron chi connectivity index (χ0n) is 10.6. The normalized spacial score (nSPS) is 23.3. The lowest BCUT2D eigenvalue weighted by Gasteiger charge is -2.31. The molecule has 5 heteroatoms. The van der Waals surface area contributed by atoms with Crippen molar-refractivity contribution in [2.75, 3.05) is 6.54 Å². The van der Waals surface area contributed by atoms with E-state index in [9.17, 15) is 14.7 Å². The first-order valence-electron chi connectivity index (χ1n) is 6.02. The van der Waals surface area contributed by atoms with E-state index in [0.717, 1.165) is 11.3 Å². The number of aryl methyl sites for hydroxylation is 1. The van der Waals surface area contributed by atoms with Crippen LogP contribution >= 0.6 is 11.3 Å². The van der Waals surface area contributed by atoms with E-state index in [0.29, 0.717) is 19.4 Å². The molecule has 0 spiro atoms. The number of aliphatic carboxylic acids is 1. The Kier molecular flexibility index (Phi) is 3.43. The standard InChI is InChI=1S/C13H17NO3S/c1-9-4-5-10(18-9)8-11(15)14-7-3-6-13(14,2)12(16)17/h4-5H,3,6-8H2,1-2H3,(H,16,17). The number of carboxylic acid groups (broad SMARTS) is 1. The number of hydrogen-bond donors (Lipinski definition) is 1. The van der Waals surface area contributed by atoms with Crippen molar-refractivity contribution in [2.45, 2.75) is 38.6 Å². The molecule has 1 aromatic rings. The van der Waals surface area contributed by atoms with E-state index in [1.807, 2.05) is 19.1 Å². The van der Waals surface area contributed by atoms with E-state index >= 15 is 0 Å². The van der Waals surface area contributed by atoms with Crippen molar-refractivity contribution in [1.82, 2.24) is 4.90 Å². The molecule has 0 radical (unpaired) electrons. The SMILES string of the molecule is Cc1ccc(CC(=O)N2CCCC2(C)C(=O)O)s1. The number of likely N-dealkylation sites (tertiary alicyclic amines) is 1. The van der Waals surface area contributed by atoms with Crippen molar-refractivity contribution in [2.24, 2.45) is 0 Å². The van der Waals surface area contributed by atoms with Crippen LogP contribution in [0.5, 0.6) is 0 Å². The number of thiophene rings is 1. The van der Waals surface area contributed by atoms with Gasteiger partial charge in [0.2, 0.25) is 5.91 Å². The predicted octanol–water partition coefficient (Wildman–Crippen LogP) is 2.06. The smallest absolute Gasteiger partial charge is 0.329 e. The zero-order chi connectivity index (χ0) is 13.3. The number of rotatable bonds is 3. The Morgan fingerprint density at radius 2 is 2.22 bits per heavy atom. The molecule has 1 amide bonds. The van der Waals surface area contributed by atoms with Gasteiger partial charge in [-0.05, 0) is 38.8 Å². The molecule has 98 valence electrons. The maximum absolute atomic E-state index is 12.2. The van der Waals surface area contributed by atoms with E-state index in [4.69, 9.17) is 0 Å². The van der Waals surface area contributed by atoms with Crippen LogP contribution in [-0.2, 0) is 16.0 Å². The molecule has 2 rings (SSSR count). The Bertz CT molecular complexity index is 482. The molecule has 1 atom stereocenters. The van der Waals surface area contributed by atoms with Crippen LogP contribution in [0.25, 0.3) is 0 Å². The van der Waals surface area contributed by atoms with Gasteiger partial charge in [-0.25, -0.2) is 4.79 Å². The fourth-order valence-electron chi connectivity index (χ4n) is 2.41. The summed E-state index contributed by atoms with van der Waals surface area (Å²) in [6.07, 6.45) is 1.61. The number of nitrogens with zero attached hydrogens (tertiary/aromatic N) is 1. The first-order valence-corrected chi connectivity index (χ1v) is 6.84. The van der Waals surface area contributed by atoms with Crippen LogP contribution in [0.2, 0.25) is 0 Å². The molecule has 0 saturated carbocycles. The number of hydrogen-bond acceptors (Lipinski definition) is 3. The third-order valence-corrected chi connectivity index (χ3v) is 4.52. The summed E-state index contributed by atoms with van der Waals surface area (Å²) in [6.45, 7) is 4.18. The van der Waals surface area contributed by atoms with Gasteiger partial charge in [0, 0.05) is 16.3 Å². The van der Waals surface area contributed by atoms with Crippen LogP contribution in [0.15, 0.2) is 12.1 Å². The second kappa shape index (κ2) is 4.72. The van der Waals surface area contributed by atoms with Gasteiger partial charge in [0.25, 0.3) is 0 Å². The van der Waals surface area contributed by atoms with Crippen molar-refractivity contribution in [3.63, 3.8) is 0 Å². The summed E-state index contributed by atoms with van der Waals surface area (Å²) in [5.41, 5.74) is -1.02. The van der Waals surface area contributed by atoms with E-state index in [1.54, 1.807) is 18.3 Å². The van der Waals surface area contributed by atoms with E-state index in [-0.39, 0.29) is 5.91 Å². The molecule has 0 aliphatic carbocycles. The molecule has 4 nitrogen and oxygen atoms in total. The maximum atomic E-state index is 12.2. The largest absolute Gasteiger partial charge is 0.480 e. The summed E-state index contributed by atoms with van der Waals surface area (Å²) in [5, 5.41) is 9.27. The Labute approximate surface area is 110 Å². The molecule has 1 aromatic heterocycles. The fraction of sp³-hybridized carbons (Fsp3) is 0.538. The quantitative estimate of drug-likeness (QED) is 0.912. The lowest BCUT2D eigenvalue weighted by molar-refractivity contribution is -0.155. The Hall–Kier alpha value is -1.36. The number of carbonyl (C=O) groups is 2. The summed E-state index contributed by atoms with van der Waals surface area (Å²) in [4.78, 5) is 27.2. The Morgan fingerprint density at radius 1 is 1.50 bits per heavy atom. The second-order valence-corrected chi connectivity index (χ2v) is 6.29. The highest BCUT2D eigenvalue weighted by atomic mass is 32.1. The molecular weight excluding hydrogens is 250 g/mol. The van der Waals surface area contributed by atoms with Crippen LogP contribution < -0.4 is 0 Å². The van der Waals surface area contributed by atoms with E-state index in [1.165, 1.54) is 9.78 Å². The second-order valence-electron chi connectivity index (χ2n) is 4.92. The molecule has 1 saturated heterocycles. The van der Waals surface area contributed by atoms with Crippen LogP contribution in [0.3, 0.4) is 0 Å². The lowest BCUT2D eigenvalue weighted by atomic mass is 9.99. The maximum Gasteiger partial charge on any atom is 0.329 e. The average molecular weight is 267 g/mol. The lowest BCUT2D eigenvalue weighted by Crippen LogP contribution is -2.51. The van der Waals surface area contributed by atoms with E-state index < -0.39 is 11.5 Å². The Morgan fingerprint density at radius 3 is 2.78 bits per heavy atom. The molecule has 18 heavy (non-hydrogen) atoms. The number of carbonyl (C=O) groups excluding carboxylic acids is 1. The van der Waals surface area contributed by atoms with Gasteiger partial charge < -0.3 is 10.0 Å². The molecule has 1 N–H and O–H groups in total. The Balaban J connectivity index is 2.11. The molecule has 2 heterocycles. The number of carboxylic acids is 1. The van der Waals surface area contributed by atoms with Crippen LogP contribution in [0, 0.1) is 6.92 Å². The van der Waals surface area contributed by atoms with Crippen LogP contribution in [0.1, 0.15) is 29.5 Å². The minimum atomic E-state index is -1.02. The van der Waals surface area contributed by atoms with Gasteiger partial charge in [-0.1, -0.05) is 0 Å². The minimum Gasteiger partial charge on any atom is -0.480 e. The summed E-state index contributed by atoms with van der Waals surface area (Å²) >= 11 is 1.59. The minimum absolute atomic E-state index is 0.0840. The van der Waals surface area contributed by atoms with Gasteiger partial charge in [-0.2, -0.15) is 0 Å². The van der Waals surface area contributed by atoms with Crippen LogP contribution in [-0.4, -0.2) is 34.0 Å². The van der Waals surface area contributed by atoms with Gasteiger partial charge in [0.1, 0.15) is 5.54 Å². The van der Waals surface area contributed by atoms with Gasteiger partial charge in [-0.3, -0.25) is 4.79 Å². The summed E-state index contributed by atoms with van der Waals surface area (Å²) < 4.78 is 0. The predicted molar refractivity (Wildman–Crippen MR) is 69.7 cm³/mol. The number of amides is 1. The molecular formula is C13H17NO3S. The monoisotopic (exact) mass is 267 g/mol. The third kappa shape index (κ3) is 2.27. The zero-order valence-corrected chi connectivity index (χ0v) is 11.4. The highest BCUT2D eigenvalue weighted by Crippen LogP contribution is 2.30.